The SMILES string of the molecule is CCCCCC[C@H]1CO[C@H](c2ccc(OC/C=C/[C@H]3CC[C@H](CCCCC)CC3)cc2)OC1. The molecule has 2 fully saturated rings. The van der Waals surface area contributed by atoms with Gasteiger partial charge in [0, 0.05) is 11.5 Å². The minimum Gasteiger partial charge on any atom is -0.490 e. The molecular weight excluding hydrogens is 408 g/mol. The Labute approximate surface area is 203 Å². The molecular formula is C30H48O3. The van der Waals surface area contributed by atoms with Crippen molar-refractivity contribution in [3.63, 3.8) is 0 Å². The molecule has 0 N–H and O–H groups in total. The van der Waals surface area contributed by atoms with Gasteiger partial charge in [-0.1, -0.05) is 89.5 Å². The van der Waals surface area contributed by atoms with E-state index in [0.29, 0.717) is 12.5 Å². The second-order valence-electron chi connectivity index (χ2n) is 10.3. The van der Waals surface area contributed by atoms with Crippen molar-refractivity contribution in [2.45, 2.75) is 104 Å². The first-order chi connectivity index (χ1) is 16.3. The summed E-state index contributed by atoms with van der Waals surface area (Å²) in [7, 11) is 0. The maximum Gasteiger partial charge on any atom is 0.183 e. The molecule has 3 heteroatoms. The highest BCUT2D eigenvalue weighted by molar-refractivity contribution is 5.28. The third-order valence-corrected chi connectivity index (χ3v) is 7.45. The Hall–Kier alpha value is -1.32. The number of allylic oxidation sites excluding steroid dienone is 1. The molecule has 1 saturated carbocycles. The van der Waals surface area contributed by atoms with Gasteiger partial charge in [0.05, 0.1) is 13.2 Å². The molecule has 0 bridgehead atoms. The van der Waals surface area contributed by atoms with E-state index in [4.69, 9.17) is 14.2 Å². The van der Waals surface area contributed by atoms with Crippen LogP contribution >= 0.6 is 0 Å². The summed E-state index contributed by atoms with van der Waals surface area (Å²) in [4.78, 5) is 0. The summed E-state index contributed by atoms with van der Waals surface area (Å²) in [6, 6.07) is 8.22. The molecule has 0 unspecified atom stereocenters. The van der Waals surface area contributed by atoms with Gasteiger partial charge in [-0.3, -0.25) is 0 Å². The fraction of sp³-hybridized carbons (Fsp3) is 0.733. The standard InChI is InChI=1S/C30H48O3/c1-3-5-7-9-12-27-23-32-30(33-24-27)28-18-20-29(21-19-28)31-22-10-13-26-16-14-25(15-17-26)11-8-6-4-2/h10,13,18-21,25-27,30H,3-9,11-12,14-17,22-24H2,1-2H3/b13-10+/t25-,26-,27-,30-. The van der Waals surface area contributed by atoms with Crippen molar-refractivity contribution in [2.75, 3.05) is 19.8 Å². The van der Waals surface area contributed by atoms with Crippen molar-refractivity contribution in [1.29, 1.82) is 0 Å². The van der Waals surface area contributed by atoms with Crippen LogP contribution in [0.2, 0.25) is 0 Å². The molecule has 1 heterocycles. The number of ether oxygens (including phenoxy) is 3. The van der Waals surface area contributed by atoms with Gasteiger partial charge in [-0.15, -0.1) is 0 Å². The lowest BCUT2D eigenvalue weighted by Gasteiger charge is -2.29. The fourth-order valence-corrected chi connectivity index (χ4v) is 5.23. The first-order valence-corrected chi connectivity index (χ1v) is 13.9. The minimum atomic E-state index is -0.233. The van der Waals surface area contributed by atoms with Crippen LogP contribution in [0.3, 0.4) is 0 Å². The zero-order valence-electron chi connectivity index (χ0n) is 21.3. The van der Waals surface area contributed by atoms with Crippen LogP contribution in [0.4, 0.5) is 0 Å². The van der Waals surface area contributed by atoms with Crippen LogP contribution in [0.5, 0.6) is 5.75 Å². The van der Waals surface area contributed by atoms with Gasteiger partial charge in [-0.25, -0.2) is 0 Å². The highest BCUT2D eigenvalue weighted by Crippen LogP contribution is 2.33. The van der Waals surface area contributed by atoms with Crippen LogP contribution in [-0.4, -0.2) is 19.8 Å². The first kappa shape index (κ1) is 26.3. The minimum absolute atomic E-state index is 0.233. The van der Waals surface area contributed by atoms with Crippen molar-refractivity contribution in [3.8, 4) is 5.75 Å². The Morgan fingerprint density at radius 2 is 1.42 bits per heavy atom. The van der Waals surface area contributed by atoms with E-state index >= 15 is 0 Å². The monoisotopic (exact) mass is 456 g/mol. The number of rotatable bonds is 14. The van der Waals surface area contributed by atoms with E-state index < -0.39 is 0 Å². The molecule has 1 aliphatic heterocycles. The smallest absolute Gasteiger partial charge is 0.183 e. The molecule has 1 saturated heterocycles. The molecule has 0 atom stereocenters. The summed E-state index contributed by atoms with van der Waals surface area (Å²) in [6.07, 6.45) is 21.9. The van der Waals surface area contributed by atoms with Gasteiger partial charge < -0.3 is 14.2 Å². The van der Waals surface area contributed by atoms with Crippen LogP contribution in [0.1, 0.15) is 109 Å². The number of unbranched alkanes of at least 4 members (excludes halogenated alkanes) is 5. The highest BCUT2D eigenvalue weighted by Gasteiger charge is 2.23. The summed E-state index contributed by atoms with van der Waals surface area (Å²) < 4.78 is 17.9. The largest absolute Gasteiger partial charge is 0.490 e. The van der Waals surface area contributed by atoms with Gasteiger partial charge in [-0.2, -0.15) is 0 Å². The van der Waals surface area contributed by atoms with Crippen molar-refractivity contribution in [3.05, 3.63) is 42.0 Å². The third kappa shape index (κ3) is 9.83. The maximum atomic E-state index is 6.00. The Morgan fingerprint density at radius 1 is 0.788 bits per heavy atom. The molecule has 2 aliphatic rings. The van der Waals surface area contributed by atoms with E-state index in [9.17, 15) is 0 Å². The Balaban J connectivity index is 1.29. The van der Waals surface area contributed by atoms with Crippen LogP contribution in [0, 0.1) is 17.8 Å². The van der Waals surface area contributed by atoms with E-state index in [2.05, 4.69) is 38.1 Å². The van der Waals surface area contributed by atoms with Gasteiger partial charge in [0.1, 0.15) is 12.4 Å². The quantitative estimate of drug-likeness (QED) is 0.207. The topological polar surface area (TPSA) is 27.7 Å². The summed E-state index contributed by atoms with van der Waals surface area (Å²) in [5, 5.41) is 0. The predicted molar refractivity (Wildman–Crippen MR) is 138 cm³/mol. The lowest BCUT2D eigenvalue weighted by atomic mass is 9.79. The van der Waals surface area contributed by atoms with Crippen molar-refractivity contribution in [2.24, 2.45) is 17.8 Å². The third-order valence-electron chi connectivity index (χ3n) is 7.45. The number of hydrogen-bond donors (Lipinski definition) is 0. The molecule has 0 spiro atoms. The average molecular weight is 457 g/mol. The van der Waals surface area contributed by atoms with E-state index in [0.717, 1.165) is 36.4 Å². The average Bonchev–Trinajstić information content (AvgIpc) is 2.86. The molecule has 0 radical (unpaired) electrons. The summed E-state index contributed by atoms with van der Waals surface area (Å²) in [6.45, 7) is 6.81. The van der Waals surface area contributed by atoms with Crippen molar-refractivity contribution >= 4 is 0 Å². The van der Waals surface area contributed by atoms with Crippen molar-refractivity contribution < 1.29 is 14.2 Å². The second-order valence-corrected chi connectivity index (χ2v) is 10.3. The zero-order chi connectivity index (χ0) is 23.1. The van der Waals surface area contributed by atoms with Gasteiger partial charge in [0.15, 0.2) is 6.29 Å². The van der Waals surface area contributed by atoms with Crippen molar-refractivity contribution in [1.82, 2.24) is 0 Å². The Morgan fingerprint density at radius 3 is 2.12 bits per heavy atom. The molecule has 0 amide bonds. The van der Waals surface area contributed by atoms with Gasteiger partial charge in [0.2, 0.25) is 0 Å². The lowest BCUT2D eigenvalue weighted by molar-refractivity contribution is -0.206. The first-order valence-electron chi connectivity index (χ1n) is 13.9. The highest BCUT2D eigenvalue weighted by atomic mass is 16.7. The summed E-state index contributed by atoms with van der Waals surface area (Å²) >= 11 is 0. The molecule has 3 nitrogen and oxygen atoms in total. The lowest BCUT2D eigenvalue weighted by Crippen LogP contribution is -2.27. The fourth-order valence-electron chi connectivity index (χ4n) is 5.23. The summed E-state index contributed by atoms with van der Waals surface area (Å²) in [5.41, 5.74) is 1.08. The Bertz CT molecular complexity index is 637. The number of hydrogen-bond acceptors (Lipinski definition) is 3. The van der Waals surface area contributed by atoms with Crippen LogP contribution < -0.4 is 4.74 Å². The molecule has 3 rings (SSSR count). The van der Waals surface area contributed by atoms with Gasteiger partial charge in [-0.05, 0) is 56.1 Å². The number of benzene rings is 1. The van der Waals surface area contributed by atoms with E-state index in [-0.39, 0.29) is 6.29 Å². The van der Waals surface area contributed by atoms with E-state index in [1.54, 1.807) is 0 Å². The van der Waals surface area contributed by atoms with E-state index in [1.165, 1.54) is 83.5 Å². The van der Waals surface area contributed by atoms with Crippen LogP contribution in [-0.2, 0) is 9.47 Å². The van der Waals surface area contributed by atoms with Gasteiger partial charge in [0.25, 0.3) is 0 Å². The maximum absolute atomic E-state index is 6.00. The zero-order valence-corrected chi connectivity index (χ0v) is 21.3. The molecule has 1 aliphatic carbocycles. The predicted octanol–water partition coefficient (Wildman–Crippen LogP) is 8.64. The molecule has 1 aromatic rings. The Kier molecular flexibility index (Phi) is 12.4. The van der Waals surface area contributed by atoms with E-state index in [1.807, 2.05) is 12.1 Å². The summed E-state index contributed by atoms with van der Waals surface area (Å²) in [5.74, 6) is 3.18. The second kappa shape index (κ2) is 15.6. The normalized spacial score (nSPS) is 26.0. The van der Waals surface area contributed by atoms with Crippen LogP contribution in [0.25, 0.3) is 0 Å². The molecule has 1 aromatic carbocycles. The van der Waals surface area contributed by atoms with Gasteiger partial charge >= 0.3 is 0 Å². The van der Waals surface area contributed by atoms with Crippen LogP contribution in [0.15, 0.2) is 36.4 Å². The molecule has 33 heavy (non-hydrogen) atoms. The molecule has 186 valence electrons. The molecule has 0 aromatic heterocycles.